The van der Waals surface area contributed by atoms with Gasteiger partial charge in [0.1, 0.15) is 5.75 Å². The van der Waals surface area contributed by atoms with E-state index in [1.807, 2.05) is 36.4 Å². The van der Waals surface area contributed by atoms with Crippen molar-refractivity contribution in [3.63, 3.8) is 0 Å². The molecule has 0 aliphatic rings. The van der Waals surface area contributed by atoms with Crippen LogP contribution in [0.5, 0.6) is 5.75 Å². The van der Waals surface area contributed by atoms with E-state index < -0.39 is 23.8 Å². The van der Waals surface area contributed by atoms with Crippen molar-refractivity contribution in [2.24, 2.45) is 0 Å². The fourth-order valence-electron chi connectivity index (χ4n) is 2.69. The van der Waals surface area contributed by atoms with Gasteiger partial charge in [0.05, 0.1) is 5.56 Å². The molecule has 0 aliphatic heterocycles. The molecule has 0 aromatic heterocycles. The largest absolute Gasteiger partial charge is 0.481 e. The van der Waals surface area contributed by atoms with Gasteiger partial charge in [-0.3, -0.25) is 4.79 Å². The molecule has 3 aromatic rings. The van der Waals surface area contributed by atoms with Crippen LogP contribution in [0.1, 0.15) is 18.1 Å². The number of alkyl halides is 3. The summed E-state index contributed by atoms with van der Waals surface area (Å²) < 4.78 is 43.9. The molecule has 6 heteroatoms. The Balaban J connectivity index is 1.60. The van der Waals surface area contributed by atoms with Crippen molar-refractivity contribution >= 4 is 16.7 Å². The van der Waals surface area contributed by atoms with E-state index in [2.05, 4.69) is 5.32 Å². The zero-order valence-corrected chi connectivity index (χ0v) is 14.6. The number of halogens is 3. The maximum absolute atomic E-state index is 12.7. The minimum atomic E-state index is -4.41. The third-order valence-corrected chi connectivity index (χ3v) is 4.12. The van der Waals surface area contributed by atoms with Gasteiger partial charge in [-0.25, -0.2) is 0 Å². The lowest BCUT2D eigenvalue weighted by molar-refractivity contribution is -0.137. The van der Waals surface area contributed by atoms with Gasteiger partial charge < -0.3 is 10.1 Å². The summed E-state index contributed by atoms with van der Waals surface area (Å²) >= 11 is 0. The van der Waals surface area contributed by atoms with Gasteiger partial charge in [0.2, 0.25) is 0 Å². The highest BCUT2D eigenvalue weighted by Crippen LogP contribution is 2.29. The van der Waals surface area contributed by atoms with E-state index in [0.717, 1.165) is 22.9 Å². The van der Waals surface area contributed by atoms with E-state index in [0.29, 0.717) is 11.3 Å². The Morgan fingerprint density at radius 1 is 1.00 bits per heavy atom. The molecule has 0 aliphatic carbocycles. The summed E-state index contributed by atoms with van der Waals surface area (Å²) in [6.45, 7) is 1.59. The first-order valence-electron chi connectivity index (χ1n) is 8.42. The predicted octanol–water partition coefficient (Wildman–Crippen LogP) is 4.94. The standard InChI is InChI=1S/C21H18F3NO2/c1-14(27-19-10-9-16-6-2-3-7-17(16)12-19)20(26)25-13-15-5-4-8-18(11-15)21(22,23)24/h2-12,14H,13H2,1H3,(H,25,26)/t14-/m0/s1. The van der Waals surface area contributed by atoms with Gasteiger partial charge >= 0.3 is 6.18 Å². The highest BCUT2D eigenvalue weighted by molar-refractivity contribution is 5.84. The molecule has 140 valence electrons. The first-order chi connectivity index (χ1) is 12.8. The Labute approximate surface area is 154 Å². The number of benzene rings is 3. The minimum absolute atomic E-state index is 0.00578. The maximum Gasteiger partial charge on any atom is 0.416 e. The minimum Gasteiger partial charge on any atom is -0.481 e. The Morgan fingerprint density at radius 2 is 1.74 bits per heavy atom. The molecule has 0 fully saturated rings. The monoisotopic (exact) mass is 373 g/mol. The number of hydrogen-bond donors (Lipinski definition) is 1. The lowest BCUT2D eigenvalue weighted by Gasteiger charge is -2.15. The summed E-state index contributed by atoms with van der Waals surface area (Å²) in [4.78, 5) is 12.2. The van der Waals surface area contributed by atoms with Crippen LogP contribution in [0.4, 0.5) is 13.2 Å². The van der Waals surface area contributed by atoms with Crippen molar-refractivity contribution in [3.8, 4) is 5.75 Å². The van der Waals surface area contributed by atoms with Crippen LogP contribution in [-0.4, -0.2) is 12.0 Å². The van der Waals surface area contributed by atoms with E-state index >= 15 is 0 Å². The molecular formula is C21H18F3NO2. The summed E-state index contributed by atoms with van der Waals surface area (Å²) in [5.74, 6) is 0.149. The van der Waals surface area contributed by atoms with Crippen molar-refractivity contribution in [3.05, 3.63) is 77.9 Å². The number of ether oxygens (including phenoxy) is 1. The highest BCUT2D eigenvalue weighted by atomic mass is 19.4. The molecule has 0 radical (unpaired) electrons. The van der Waals surface area contributed by atoms with Crippen molar-refractivity contribution in [2.45, 2.75) is 25.7 Å². The molecule has 1 amide bonds. The number of carbonyl (C=O) groups is 1. The summed E-state index contributed by atoms with van der Waals surface area (Å²) in [6, 6.07) is 18.2. The van der Waals surface area contributed by atoms with Crippen LogP contribution in [0, 0.1) is 0 Å². The van der Waals surface area contributed by atoms with Gasteiger partial charge in [0.15, 0.2) is 6.10 Å². The second-order valence-electron chi connectivity index (χ2n) is 6.18. The van der Waals surface area contributed by atoms with Crippen LogP contribution < -0.4 is 10.1 Å². The third kappa shape index (κ3) is 4.78. The fraction of sp³-hybridized carbons (Fsp3) is 0.190. The average Bonchev–Trinajstić information content (AvgIpc) is 2.65. The Kier molecular flexibility index (Phi) is 5.35. The highest BCUT2D eigenvalue weighted by Gasteiger charge is 2.30. The number of amides is 1. The van der Waals surface area contributed by atoms with Crippen LogP contribution in [0.25, 0.3) is 10.8 Å². The molecule has 3 rings (SSSR count). The zero-order valence-electron chi connectivity index (χ0n) is 14.6. The molecule has 0 saturated carbocycles. The number of carbonyl (C=O) groups excluding carboxylic acids is 1. The summed E-state index contributed by atoms with van der Waals surface area (Å²) in [5.41, 5.74) is -0.370. The van der Waals surface area contributed by atoms with E-state index in [1.165, 1.54) is 12.1 Å². The van der Waals surface area contributed by atoms with Gasteiger partial charge in [0, 0.05) is 6.54 Å². The summed E-state index contributed by atoms with van der Waals surface area (Å²) in [5, 5.41) is 4.66. The van der Waals surface area contributed by atoms with Crippen LogP contribution in [0.2, 0.25) is 0 Å². The van der Waals surface area contributed by atoms with Crippen molar-refractivity contribution < 1.29 is 22.7 Å². The molecule has 1 N–H and O–H groups in total. The van der Waals surface area contributed by atoms with E-state index in [1.54, 1.807) is 13.0 Å². The number of rotatable bonds is 5. The van der Waals surface area contributed by atoms with Gasteiger partial charge in [-0.05, 0) is 47.5 Å². The molecule has 27 heavy (non-hydrogen) atoms. The Morgan fingerprint density at radius 3 is 2.48 bits per heavy atom. The molecule has 0 unspecified atom stereocenters. The molecule has 3 nitrogen and oxygen atoms in total. The topological polar surface area (TPSA) is 38.3 Å². The van der Waals surface area contributed by atoms with Gasteiger partial charge in [-0.1, -0.05) is 42.5 Å². The van der Waals surface area contributed by atoms with Gasteiger partial charge in [-0.15, -0.1) is 0 Å². The molecule has 3 aromatic carbocycles. The summed E-state index contributed by atoms with van der Waals surface area (Å²) in [6.07, 6.45) is -5.19. The molecule has 0 heterocycles. The first kappa shape index (κ1) is 18.8. The zero-order chi connectivity index (χ0) is 19.4. The second kappa shape index (κ2) is 7.70. The van der Waals surface area contributed by atoms with Crippen LogP contribution >= 0.6 is 0 Å². The quantitative estimate of drug-likeness (QED) is 0.688. The number of fused-ring (bicyclic) bond motifs is 1. The molecule has 1 atom stereocenters. The molecule has 0 saturated heterocycles. The van der Waals surface area contributed by atoms with Crippen LogP contribution in [0.15, 0.2) is 66.7 Å². The van der Waals surface area contributed by atoms with Gasteiger partial charge in [0.25, 0.3) is 5.91 Å². The normalized spacial score (nSPS) is 12.6. The second-order valence-corrected chi connectivity index (χ2v) is 6.18. The van der Waals surface area contributed by atoms with Gasteiger partial charge in [-0.2, -0.15) is 13.2 Å². The van der Waals surface area contributed by atoms with Crippen LogP contribution in [0.3, 0.4) is 0 Å². The van der Waals surface area contributed by atoms with Crippen LogP contribution in [-0.2, 0) is 17.5 Å². The number of hydrogen-bond acceptors (Lipinski definition) is 2. The molecular weight excluding hydrogens is 355 g/mol. The third-order valence-electron chi connectivity index (χ3n) is 4.12. The van der Waals surface area contributed by atoms with E-state index in [4.69, 9.17) is 4.74 Å². The molecule has 0 spiro atoms. The van der Waals surface area contributed by atoms with E-state index in [-0.39, 0.29) is 6.54 Å². The predicted molar refractivity (Wildman–Crippen MR) is 97.3 cm³/mol. The lowest BCUT2D eigenvalue weighted by atomic mass is 10.1. The molecule has 0 bridgehead atoms. The Bertz CT molecular complexity index is 953. The average molecular weight is 373 g/mol. The first-order valence-corrected chi connectivity index (χ1v) is 8.42. The maximum atomic E-state index is 12.7. The fourth-order valence-corrected chi connectivity index (χ4v) is 2.69. The summed E-state index contributed by atoms with van der Waals surface area (Å²) in [7, 11) is 0. The number of nitrogens with one attached hydrogen (secondary N) is 1. The SMILES string of the molecule is C[C@H](Oc1ccc2ccccc2c1)C(=O)NCc1cccc(C(F)(F)F)c1. The lowest BCUT2D eigenvalue weighted by Crippen LogP contribution is -2.35. The van der Waals surface area contributed by atoms with Crippen molar-refractivity contribution in [1.29, 1.82) is 0 Å². The van der Waals surface area contributed by atoms with Crippen molar-refractivity contribution in [2.75, 3.05) is 0 Å². The van der Waals surface area contributed by atoms with Crippen molar-refractivity contribution in [1.82, 2.24) is 5.32 Å². The van der Waals surface area contributed by atoms with E-state index in [9.17, 15) is 18.0 Å². The Hall–Kier alpha value is -3.02. The smallest absolute Gasteiger partial charge is 0.416 e.